The second-order valence-electron chi connectivity index (χ2n) is 4.31. The van der Waals surface area contributed by atoms with Crippen LogP contribution < -0.4 is 5.73 Å². The highest BCUT2D eigenvalue weighted by Gasteiger charge is 2.05. The molecule has 0 unspecified atom stereocenters. The predicted molar refractivity (Wildman–Crippen MR) is 72.4 cm³/mol. The zero-order valence-electron chi connectivity index (χ0n) is 9.79. The first kappa shape index (κ1) is 13.1. The van der Waals surface area contributed by atoms with E-state index in [1.54, 1.807) is 0 Å². The fraction of sp³-hybridized carbons (Fsp3) is 0.385. The van der Waals surface area contributed by atoms with Gasteiger partial charge in [-0.2, -0.15) is 0 Å². The van der Waals surface area contributed by atoms with Gasteiger partial charge in [-0.15, -0.1) is 12.4 Å². The predicted octanol–water partition coefficient (Wildman–Crippen LogP) is 3.21. The lowest BCUT2D eigenvalue weighted by molar-refractivity contribution is 0.868. The van der Waals surface area contributed by atoms with Crippen LogP contribution in [-0.2, 0) is 6.42 Å². The first-order valence-corrected chi connectivity index (χ1v) is 5.52. The smallest absolute Gasteiger partial charge is 0.0459 e. The van der Waals surface area contributed by atoms with E-state index in [0.717, 1.165) is 6.42 Å². The van der Waals surface area contributed by atoms with Crippen molar-refractivity contribution in [1.29, 1.82) is 0 Å². The Balaban J connectivity index is 0.00000128. The third-order valence-electron chi connectivity index (χ3n) is 2.87. The van der Waals surface area contributed by atoms with Gasteiger partial charge in [0.05, 0.1) is 0 Å². The first-order valence-electron chi connectivity index (χ1n) is 5.52. The van der Waals surface area contributed by atoms with Crippen molar-refractivity contribution in [2.24, 2.45) is 5.73 Å². The summed E-state index contributed by atoms with van der Waals surface area (Å²) in [6, 6.07) is 6.65. The molecular formula is C13H19ClN2. The monoisotopic (exact) mass is 238 g/mol. The molecule has 0 fully saturated rings. The number of hydrogen-bond acceptors (Lipinski definition) is 1. The molecule has 0 radical (unpaired) electrons. The second-order valence-corrected chi connectivity index (χ2v) is 4.31. The number of nitrogens with two attached hydrogens (primary N) is 1. The lowest BCUT2D eigenvalue weighted by Crippen LogP contribution is -2.01. The van der Waals surface area contributed by atoms with Gasteiger partial charge < -0.3 is 10.7 Å². The Bertz CT molecular complexity index is 460. The molecule has 1 aromatic heterocycles. The number of nitrogens with one attached hydrogen (secondary N) is 1. The molecule has 88 valence electrons. The van der Waals surface area contributed by atoms with Gasteiger partial charge in [-0.05, 0) is 36.1 Å². The maximum absolute atomic E-state index is 5.57. The van der Waals surface area contributed by atoms with Gasteiger partial charge in [0, 0.05) is 17.1 Å². The van der Waals surface area contributed by atoms with Crippen molar-refractivity contribution in [3.63, 3.8) is 0 Å². The number of rotatable bonds is 3. The number of H-pyrrole nitrogens is 1. The van der Waals surface area contributed by atoms with E-state index in [1.807, 2.05) is 0 Å². The topological polar surface area (TPSA) is 41.8 Å². The van der Waals surface area contributed by atoms with Crippen LogP contribution in [0.4, 0.5) is 0 Å². The minimum atomic E-state index is 0. The molecule has 16 heavy (non-hydrogen) atoms. The molecule has 0 atom stereocenters. The van der Waals surface area contributed by atoms with Crippen LogP contribution in [0.1, 0.15) is 30.9 Å². The highest BCUT2D eigenvalue weighted by Crippen LogP contribution is 2.23. The number of aromatic nitrogens is 1. The molecule has 0 saturated carbocycles. The summed E-state index contributed by atoms with van der Waals surface area (Å²) < 4.78 is 0. The Morgan fingerprint density at radius 3 is 2.69 bits per heavy atom. The van der Waals surface area contributed by atoms with Crippen LogP contribution in [0.25, 0.3) is 10.9 Å². The molecule has 0 bridgehead atoms. The maximum Gasteiger partial charge on any atom is 0.0459 e. The minimum Gasteiger partial charge on any atom is -0.361 e. The van der Waals surface area contributed by atoms with Gasteiger partial charge in [0.25, 0.3) is 0 Å². The maximum atomic E-state index is 5.57. The quantitative estimate of drug-likeness (QED) is 0.847. The molecule has 0 aliphatic rings. The second kappa shape index (κ2) is 5.37. The van der Waals surface area contributed by atoms with Gasteiger partial charge in [-0.3, -0.25) is 0 Å². The first-order chi connectivity index (χ1) is 7.22. The van der Waals surface area contributed by atoms with Crippen molar-refractivity contribution in [2.45, 2.75) is 26.2 Å². The fourth-order valence-corrected chi connectivity index (χ4v) is 1.93. The summed E-state index contributed by atoms with van der Waals surface area (Å²) >= 11 is 0. The molecule has 0 amide bonds. The fourth-order valence-electron chi connectivity index (χ4n) is 1.93. The number of hydrogen-bond donors (Lipinski definition) is 2. The molecule has 1 heterocycles. The summed E-state index contributed by atoms with van der Waals surface area (Å²) in [6.45, 7) is 5.13. The molecule has 3 N–H and O–H groups in total. The third kappa shape index (κ3) is 2.39. The van der Waals surface area contributed by atoms with Crippen LogP contribution in [0.2, 0.25) is 0 Å². The van der Waals surface area contributed by atoms with E-state index in [0.29, 0.717) is 12.5 Å². The van der Waals surface area contributed by atoms with E-state index in [2.05, 4.69) is 43.2 Å². The normalized spacial score (nSPS) is 10.8. The Morgan fingerprint density at radius 2 is 2.06 bits per heavy atom. The minimum absolute atomic E-state index is 0. The van der Waals surface area contributed by atoms with Gasteiger partial charge in [0.1, 0.15) is 0 Å². The van der Waals surface area contributed by atoms with Crippen LogP contribution >= 0.6 is 12.4 Å². The van der Waals surface area contributed by atoms with Crippen molar-refractivity contribution in [1.82, 2.24) is 4.98 Å². The molecule has 3 heteroatoms. The van der Waals surface area contributed by atoms with E-state index in [1.165, 1.54) is 22.0 Å². The molecule has 2 nitrogen and oxygen atoms in total. The van der Waals surface area contributed by atoms with E-state index < -0.39 is 0 Å². The molecule has 1 aromatic carbocycles. The average Bonchev–Trinajstić information content (AvgIpc) is 2.61. The SMILES string of the molecule is CC(C)c1ccc2c(CCN)c[nH]c2c1.Cl. The summed E-state index contributed by atoms with van der Waals surface area (Å²) in [5.41, 5.74) is 9.50. The molecule has 2 aromatic rings. The van der Waals surface area contributed by atoms with Gasteiger partial charge in [0.15, 0.2) is 0 Å². The van der Waals surface area contributed by atoms with Gasteiger partial charge in [-0.1, -0.05) is 26.0 Å². The molecule has 0 spiro atoms. The zero-order valence-corrected chi connectivity index (χ0v) is 10.6. The van der Waals surface area contributed by atoms with Crippen molar-refractivity contribution in [2.75, 3.05) is 6.54 Å². The highest BCUT2D eigenvalue weighted by molar-refractivity contribution is 5.85. The average molecular weight is 239 g/mol. The van der Waals surface area contributed by atoms with E-state index >= 15 is 0 Å². The van der Waals surface area contributed by atoms with Crippen LogP contribution in [0.3, 0.4) is 0 Å². The summed E-state index contributed by atoms with van der Waals surface area (Å²) in [6.07, 6.45) is 3.02. The Labute approximate surface area is 103 Å². The lowest BCUT2D eigenvalue weighted by Gasteiger charge is -2.05. The largest absolute Gasteiger partial charge is 0.361 e. The third-order valence-corrected chi connectivity index (χ3v) is 2.87. The molecule has 0 saturated heterocycles. The molecular weight excluding hydrogens is 220 g/mol. The number of halogens is 1. The van der Waals surface area contributed by atoms with Crippen LogP contribution in [-0.4, -0.2) is 11.5 Å². The Kier molecular flexibility index (Phi) is 4.39. The molecule has 0 aliphatic carbocycles. The van der Waals surface area contributed by atoms with Crippen LogP contribution in [0.15, 0.2) is 24.4 Å². The summed E-state index contributed by atoms with van der Waals surface area (Å²) in [5, 5.41) is 1.31. The number of fused-ring (bicyclic) bond motifs is 1. The zero-order chi connectivity index (χ0) is 10.8. The van der Waals surface area contributed by atoms with Gasteiger partial charge in [0.2, 0.25) is 0 Å². The summed E-state index contributed by atoms with van der Waals surface area (Å²) in [4.78, 5) is 3.31. The van der Waals surface area contributed by atoms with Crippen molar-refractivity contribution < 1.29 is 0 Å². The number of benzene rings is 1. The van der Waals surface area contributed by atoms with E-state index in [9.17, 15) is 0 Å². The Morgan fingerprint density at radius 1 is 1.31 bits per heavy atom. The van der Waals surface area contributed by atoms with E-state index in [-0.39, 0.29) is 12.4 Å². The van der Waals surface area contributed by atoms with Crippen molar-refractivity contribution in [3.05, 3.63) is 35.5 Å². The Hall–Kier alpha value is -0.990. The summed E-state index contributed by atoms with van der Waals surface area (Å²) in [5.74, 6) is 0.579. The standard InChI is InChI=1S/C13H18N2.ClH/c1-9(2)10-3-4-12-11(5-6-14)8-15-13(12)7-10;/h3-4,7-9,15H,5-6,14H2,1-2H3;1H. The highest BCUT2D eigenvalue weighted by atomic mass is 35.5. The lowest BCUT2D eigenvalue weighted by atomic mass is 10.0. The molecule has 0 aliphatic heterocycles. The summed E-state index contributed by atoms with van der Waals surface area (Å²) in [7, 11) is 0. The van der Waals surface area contributed by atoms with Crippen molar-refractivity contribution >= 4 is 23.3 Å². The van der Waals surface area contributed by atoms with Gasteiger partial charge in [-0.25, -0.2) is 0 Å². The van der Waals surface area contributed by atoms with E-state index in [4.69, 9.17) is 5.73 Å². The van der Waals surface area contributed by atoms with Crippen molar-refractivity contribution in [3.8, 4) is 0 Å². The van der Waals surface area contributed by atoms with Gasteiger partial charge >= 0.3 is 0 Å². The number of aromatic amines is 1. The van der Waals surface area contributed by atoms with Crippen LogP contribution in [0.5, 0.6) is 0 Å². The molecule has 2 rings (SSSR count). The van der Waals surface area contributed by atoms with Crippen LogP contribution in [0, 0.1) is 0 Å².